The third kappa shape index (κ3) is 6.53. The number of carbonyl (C=O) groups excluding carboxylic acids is 2. The van der Waals surface area contributed by atoms with E-state index in [1.165, 1.54) is 18.9 Å². The molecule has 1 aliphatic heterocycles. The Morgan fingerprint density at radius 2 is 1.81 bits per heavy atom. The van der Waals surface area contributed by atoms with Gasteiger partial charge in [-0.2, -0.15) is 0 Å². The number of nitrogens with one attached hydrogen (secondary N) is 1. The monoisotopic (exact) mass is 518 g/mol. The molecule has 3 aromatic rings. The maximum absolute atomic E-state index is 13.0. The second kappa shape index (κ2) is 11.9. The first kappa shape index (κ1) is 25.5. The third-order valence-corrected chi connectivity index (χ3v) is 6.90. The number of aryl methyl sites for hydroxylation is 1. The highest BCUT2D eigenvalue weighted by Gasteiger charge is 2.31. The Hall–Kier alpha value is -3.62. The van der Waals surface area contributed by atoms with Crippen molar-refractivity contribution in [2.45, 2.75) is 13.3 Å². The van der Waals surface area contributed by atoms with Crippen molar-refractivity contribution < 1.29 is 19.1 Å². The average molecular weight is 519 g/mol. The van der Waals surface area contributed by atoms with Gasteiger partial charge in [0, 0.05) is 12.2 Å². The van der Waals surface area contributed by atoms with Crippen LogP contribution >= 0.6 is 24.0 Å². The molecule has 184 valence electrons. The van der Waals surface area contributed by atoms with Crippen molar-refractivity contribution in [3.05, 3.63) is 94.4 Å². The molecule has 1 saturated heterocycles. The fourth-order valence-electron chi connectivity index (χ4n) is 3.60. The van der Waals surface area contributed by atoms with Crippen LogP contribution < -0.4 is 14.8 Å². The molecule has 0 bridgehead atoms. The highest BCUT2D eigenvalue weighted by Crippen LogP contribution is 2.35. The summed E-state index contributed by atoms with van der Waals surface area (Å²) in [5.41, 5.74) is 3.75. The molecule has 8 heteroatoms. The number of hydrogen-bond acceptors (Lipinski definition) is 6. The van der Waals surface area contributed by atoms with Crippen LogP contribution in [0.4, 0.5) is 5.69 Å². The largest absolute Gasteiger partial charge is 0.493 e. The Morgan fingerprint density at radius 1 is 1.06 bits per heavy atom. The maximum atomic E-state index is 13.0. The van der Waals surface area contributed by atoms with Gasteiger partial charge in [0.15, 0.2) is 18.1 Å². The van der Waals surface area contributed by atoms with Gasteiger partial charge in [0.05, 0.1) is 12.0 Å². The lowest BCUT2D eigenvalue weighted by Crippen LogP contribution is -2.30. The molecule has 0 radical (unpaired) electrons. The molecule has 0 aliphatic carbocycles. The molecule has 1 N–H and O–H groups in total. The topological polar surface area (TPSA) is 67.9 Å². The van der Waals surface area contributed by atoms with Crippen molar-refractivity contribution in [3.63, 3.8) is 0 Å². The predicted octanol–water partition coefficient (Wildman–Crippen LogP) is 5.47. The van der Waals surface area contributed by atoms with Gasteiger partial charge in [-0.1, -0.05) is 78.1 Å². The van der Waals surface area contributed by atoms with Gasteiger partial charge in [-0.25, -0.2) is 0 Å². The molecule has 4 rings (SSSR count). The molecule has 0 atom stereocenters. The number of carbonyl (C=O) groups is 2. The second-order valence-corrected chi connectivity index (χ2v) is 9.86. The smallest absolute Gasteiger partial charge is 0.266 e. The van der Waals surface area contributed by atoms with Crippen molar-refractivity contribution in [1.29, 1.82) is 0 Å². The number of nitrogens with zero attached hydrogens (tertiary/aromatic N) is 1. The molecule has 1 aliphatic rings. The quantitative estimate of drug-likeness (QED) is 0.300. The SMILES string of the molecule is COc1cc(/C=C2\SC(=S)N(CCc3ccccc3)C2=O)ccc1OCC(=O)Nc1ccc(C)cc1. The minimum absolute atomic E-state index is 0.104. The molecule has 0 spiro atoms. The first-order valence-corrected chi connectivity index (χ1v) is 12.6. The molecular formula is C28H26N2O4S2. The lowest BCUT2D eigenvalue weighted by molar-refractivity contribution is -0.122. The molecule has 1 fully saturated rings. The Kier molecular flexibility index (Phi) is 8.40. The lowest BCUT2D eigenvalue weighted by atomic mass is 10.1. The van der Waals surface area contributed by atoms with Gasteiger partial charge < -0.3 is 14.8 Å². The first-order chi connectivity index (χ1) is 17.4. The van der Waals surface area contributed by atoms with Gasteiger partial charge >= 0.3 is 0 Å². The summed E-state index contributed by atoms with van der Waals surface area (Å²) in [5, 5.41) is 2.80. The van der Waals surface area contributed by atoms with Crippen LogP contribution in [-0.4, -0.2) is 41.3 Å². The zero-order valence-electron chi connectivity index (χ0n) is 20.0. The number of hydrogen-bond donors (Lipinski definition) is 1. The number of rotatable bonds is 9. The summed E-state index contributed by atoms with van der Waals surface area (Å²) in [6, 6.07) is 22.8. The van der Waals surface area contributed by atoms with Crippen LogP contribution in [0.2, 0.25) is 0 Å². The maximum Gasteiger partial charge on any atom is 0.266 e. The fourth-order valence-corrected chi connectivity index (χ4v) is 4.91. The molecule has 0 aromatic heterocycles. The van der Waals surface area contributed by atoms with E-state index in [-0.39, 0.29) is 18.4 Å². The predicted molar refractivity (Wildman–Crippen MR) is 148 cm³/mol. The van der Waals surface area contributed by atoms with E-state index in [0.717, 1.165) is 23.1 Å². The Bertz CT molecular complexity index is 1290. The van der Waals surface area contributed by atoms with Gasteiger partial charge in [-0.15, -0.1) is 0 Å². The third-order valence-electron chi connectivity index (χ3n) is 5.52. The van der Waals surface area contributed by atoms with E-state index in [4.69, 9.17) is 21.7 Å². The van der Waals surface area contributed by atoms with Crippen molar-refractivity contribution in [2.24, 2.45) is 0 Å². The lowest BCUT2D eigenvalue weighted by Gasteiger charge is -2.14. The highest BCUT2D eigenvalue weighted by atomic mass is 32.2. The van der Waals surface area contributed by atoms with E-state index in [2.05, 4.69) is 5.32 Å². The van der Waals surface area contributed by atoms with Gasteiger partial charge in [0.1, 0.15) is 4.32 Å². The molecule has 0 saturated carbocycles. The van der Waals surface area contributed by atoms with E-state index >= 15 is 0 Å². The number of ether oxygens (including phenoxy) is 2. The van der Waals surface area contributed by atoms with Gasteiger partial charge in [-0.3, -0.25) is 14.5 Å². The second-order valence-electron chi connectivity index (χ2n) is 8.18. The van der Waals surface area contributed by atoms with E-state index in [0.29, 0.717) is 33.0 Å². The van der Waals surface area contributed by atoms with Crippen LogP contribution in [0.1, 0.15) is 16.7 Å². The average Bonchev–Trinajstić information content (AvgIpc) is 3.15. The Morgan fingerprint density at radius 3 is 2.53 bits per heavy atom. The van der Waals surface area contributed by atoms with Crippen LogP contribution in [0.3, 0.4) is 0 Å². The summed E-state index contributed by atoms with van der Waals surface area (Å²) in [6.07, 6.45) is 2.52. The molecule has 1 heterocycles. The molecule has 6 nitrogen and oxygen atoms in total. The summed E-state index contributed by atoms with van der Waals surface area (Å²) >= 11 is 6.74. The fraction of sp³-hybridized carbons (Fsp3) is 0.179. The van der Waals surface area contributed by atoms with Crippen molar-refractivity contribution in [3.8, 4) is 11.5 Å². The van der Waals surface area contributed by atoms with Crippen LogP contribution in [0.5, 0.6) is 11.5 Å². The van der Waals surface area contributed by atoms with Gasteiger partial charge in [-0.05, 0) is 54.8 Å². The number of anilines is 1. The minimum Gasteiger partial charge on any atom is -0.493 e. The van der Waals surface area contributed by atoms with Gasteiger partial charge in [0.2, 0.25) is 0 Å². The number of amides is 2. The van der Waals surface area contributed by atoms with E-state index in [9.17, 15) is 9.59 Å². The molecule has 0 unspecified atom stereocenters. The first-order valence-electron chi connectivity index (χ1n) is 11.4. The summed E-state index contributed by atoms with van der Waals surface area (Å²) < 4.78 is 11.7. The highest BCUT2D eigenvalue weighted by molar-refractivity contribution is 8.26. The van der Waals surface area contributed by atoms with Crippen LogP contribution in [-0.2, 0) is 16.0 Å². The normalized spacial score (nSPS) is 14.3. The molecule has 3 aromatic carbocycles. The molecular weight excluding hydrogens is 492 g/mol. The zero-order chi connectivity index (χ0) is 25.5. The summed E-state index contributed by atoms with van der Waals surface area (Å²) in [4.78, 5) is 27.4. The Balaban J connectivity index is 1.38. The summed E-state index contributed by atoms with van der Waals surface area (Å²) in [6.45, 7) is 2.36. The van der Waals surface area contributed by atoms with E-state index < -0.39 is 0 Å². The molecule has 2 amide bonds. The van der Waals surface area contributed by atoms with Crippen molar-refractivity contribution in [2.75, 3.05) is 25.6 Å². The van der Waals surface area contributed by atoms with E-state index in [1.54, 1.807) is 23.1 Å². The van der Waals surface area contributed by atoms with Crippen LogP contribution in [0, 0.1) is 6.92 Å². The van der Waals surface area contributed by atoms with Crippen LogP contribution in [0.25, 0.3) is 6.08 Å². The number of thiocarbonyl (C=S) groups is 1. The van der Waals surface area contributed by atoms with Crippen molar-refractivity contribution >= 4 is 51.9 Å². The molecule has 36 heavy (non-hydrogen) atoms. The minimum atomic E-state index is -0.274. The van der Waals surface area contributed by atoms with Crippen molar-refractivity contribution in [1.82, 2.24) is 4.90 Å². The number of methoxy groups -OCH3 is 1. The van der Waals surface area contributed by atoms with Gasteiger partial charge in [0.25, 0.3) is 11.8 Å². The standard InChI is InChI=1S/C28H26N2O4S2/c1-19-8-11-22(12-9-19)29-26(31)18-34-23-13-10-21(16-24(23)33-2)17-25-27(32)30(28(35)36-25)15-14-20-6-4-3-5-7-20/h3-13,16-17H,14-15,18H2,1-2H3,(H,29,31)/b25-17-. The number of benzene rings is 3. The Labute approximate surface area is 220 Å². The van der Waals surface area contributed by atoms with Crippen LogP contribution in [0.15, 0.2) is 77.7 Å². The zero-order valence-corrected chi connectivity index (χ0v) is 21.7. The summed E-state index contributed by atoms with van der Waals surface area (Å²) in [7, 11) is 1.53. The number of thioether (sulfide) groups is 1. The van der Waals surface area contributed by atoms with E-state index in [1.807, 2.05) is 67.6 Å². The summed E-state index contributed by atoms with van der Waals surface area (Å²) in [5.74, 6) is 0.521.